The van der Waals surface area contributed by atoms with Crippen molar-refractivity contribution in [1.29, 1.82) is 0 Å². The Morgan fingerprint density at radius 3 is 2.84 bits per heavy atom. The van der Waals surface area contributed by atoms with E-state index in [0.717, 1.165) is 18.7 Å². The third kappa shape index (κ3) is 2.15. The zero-order valence-electron chi connectivity index (χ0n) is 10.8. The number of rotatable bonds is 2. The van der Waals surface area contributed by atoms with E-state index in [1.807, 2.05) is 24.3 Å². The van der Waals surface area contributed by atoms with Gasteiger partial charge in [-0.15, -0.1) is 0 Å². The Labute approximate surface area is 112 Å². The number of benzene rings is 1. The third-order valence-corrected chi connectivity index (χ3v) is 3.53. The molecule has 1 aromatic heterocycles. The van der Waals surface area contributed by atoms with Gasteiger partial charge >= 0.3 is 5.97 Å². The summed E-state index contributed by atoms with van der Waals surface area (Å²) in [4.78, 5) is 11.4. The highest BCUT2D eigenvalue weighted by Crippen LogP contribution is 2.25. The smallest absolute Gasteiger partial charge is 0.337 e. The molecule has 0 radical (unpaired) electrons. The number of aromatic nitrogens is 1. The van der Waals surface area contributed by atoms with Crippen LogP contribution in [0.3, 0.4) is 0 Å². The number of methoxy groups -OCH3 is 1. The molecule has 1 N–H and O–H groups in total. The molecule has 1 aromatic carbocycles. The number of carbonyl (C=O) groups is 1. The highest BCUT2D eigenvalue weighted by molar-refractivity contribution is 5.89. The molecule has 2 heterocycles. The molecule has 0 amide bonds. The van der Waals surface area contributed by atoms with E-state index in [-0.39, 0.29) is 12.0 Å². The second-order valence-corrected chi connectivity index (χ2v) is 4.63. The van der Waals surface area contributed by atoms with Crippen molar-refractivity contribution in [2.45, 2.75) is 12.6 Å². The fourth-order valence-electron chi connectivity index (χ4n) is 2.55. The number of hydrogen-bond donors (Lipinski definition) is 1. The predicted molar refractivity (Wildman–Crippen MR) is 72.1 cm³/mol. The van der Waals surface area contributed by atoms with Crippen molar-refractivity contribution in [3.05, 3.63) is 59.4 Å². The normalized spacial score (nSPS) is 17.8. The number of carbonyl (C=O) groups excluding carboxylic acids is 1. The quantitative estimate of drug-likeness (QED) is 0.835. The zero-order valence-corrected chi connectivity index (χ0v) is 10.8. The van der Waals surface area contributed by atoms with Crippen LogP contribution in [0.2, 0.25) is 0 Å². The van der Waals surface area contributed by atoms with Gasteiger partial charge in [-0.3, -0.25) is 0 Å². The number of esters is 1. The molecule has 1 aliphatic rings. The Bertz CT molecular complexity index is 586. The molecule has 19 heavy (non-hydrogen) atoms. The number of nitrogens with zero attached hydrogens (tertiary/aromatic N) is 1. The molecule has 0 saturated carbocycles. The van der Waals surface area contributed by atoms with E-state index >= 15 is 0 Å². The average Bonchev–Trinajstić information content (AvgIpc) is 2.95. The molecule has 0 saturated heterocycles. The first-order chi connectivity index (χ1) is 9.29. The Morgan fingerprint density at radius 1 is 1.32 bits per heavy atom. The van der Waals surface area contributed by atoms with Crippen LogP contribution >= 0.6 is 0 Å². The second-order valence-electron chi connectivity index (χ2n) is 4.63. The van der Waals surface area contributed by atoms with Crippen molar-refractivity contribution in [3.8, 4) is 0 Å². The maximum Gasteiger partial charge on any atom is 0.337 e. The minimum atomic E-state index is -0.300. The lowest BCUT2D eigenvalue weighted by atomic mass is 10.0. The van der Waals surface area contributed by atoms with Gasteiger partial charge in [0.15, 0.2) is 0 Å². The van der Waals surface area contributed by atoms with Gasteiger partial charge in [0.05, 0.1) is 18.7 Å². The van der Waals surface area contributed by atoms with E-state index < -0.39 is 0 Å². The Hall–Kier alpha value is -2.07. The lowest BCUT2D eigenvalue weighted by Gasteiger charge is -2.26. The van der Waals surface area contributed by atoms with E-state index in [1.54, 1.807) is 0 Å². The van der Waals surface area contributed by atoms with Gasteiger partial charge in [-0.2, -0.15) is 0 Å². The SMILES string of the molecule is COC(=O)c1ccc(C2NCCn3cccc32)cc1. The number of fused-ring (bicyclic) bond motifs is 1. The van der Waals surface area contributed by atoms with Gasteiger partial charge in [0, 0.05) is 25.0 Å². The molecule has 1 unspecified atom stereocenters. The molecule has 0 spiro atoms. The van der Waals surface area contributed by atoms with Gasteiger partial charge in [-0.05, 0) is 29.8 Å². The fourth-order valence-corrected chi connectivity index (χ4v) is 2.55. The maximum atomic E-state index is 11.4. The van der Waals surface area contributed by atoms with Crippen LogP contribution in [0, 0.1) is 0 Å². The van der Waals surface area contributed by atoms with Gasteiger partial charge in [-0.1, -0.05) is 12.1 Å². The summed E-state index contributed by atoms with van der Waals surface area (Å²) >= 11 is 0. The van der Waals surface area contributed by atoms with E-state index in [2.05, 4.69) is 28.2 Å². The minimum absolute atomic E-state index is 0.190. The van der Waals surface area contributed by atoms with E-state index in [0.29, 0.717) is 5.56 Å². The highest BCUT2D eigenvalue weighted by Gasteiger charge is 2.20. The number of nitrogens with one attached hydrogen (secondary N) is 1. The summed E-state index contributed by atoms with van der Waals surface area (Å²) in [5, 5.41) is 3.50. The third-order valence-electron chi connectivity index (χ3n) is 3.53. The average molecular weight is 256 g/mol. The summed E-state index contributed by atoms with van der Waals surface area (Å²) in [7, 11) is 1.39. The van der Waals surface area contributed by atoms with Gasteiger partial charge < -0.3 is 14.6 Å². The van der Waals surface area contributed by atoms with Crippen molar-refractivity contribution in [3.63, 3.8) is 0 Å². The highest BCUT2D eigenvalue weighted by atomic mass is 16.5. The molecule has 1 atom stereocenters. The first-order valence-corrected chi connectivity index (χ1v) is 6.36. The van der Waals surface area contributed by atoms with Crippen LogP contribution in [0.5, 0.6) is 0 Å². The fraction of sp³-hybridized carbons (Fsp3) is 0.267. The standard InChI is InChI=1S/C15H16N2O2/c1-19-15(18)12-6-4-11(5-7-12)14-13-3-2-9-17(13)10-8-16-14/h2-7,9,14,16H,8,10H2,1H3. The summed E-state index contributed by atoms with van der Waals surface area (Å²) in [5.74, 6) is -0.300. The van der Waals surface area contributed by atoms with Crippen LogP contribution in [0.25, 0.3) is 0 Å². The molecule has 1 aliphatic heterocycles. The molecule has 0 aliphatic carbocycles. The summed E-state index contributed by atoms with van der Waals surface area (Å²) in [6, 6.07) is 12.0. The minimum Gasteiger partial charge on any atom is -0.465 e. The van der Waals surface area contributed by atoms with Gasteiger partial charge in [-0.25, -0.2) is 4.79 Å². The summed E-state index contributed by atoms with van der Waals surface area (Å²) in [5.41, 5.74) is 3.00. The van der Waals surface area contributed by atoms with Gasteiger partial charge in [0.1, 0.15) is 0 Å². The molecule has 0 bridgehead atoms. The van der Waals surface area contributed by atoms with Crippen molar-refractivity contribution in [1.82, 2.24) is 9.88 Å². The van der Waals surface area contributed by atoms with E-state index in [9.17, 15) is 4.79 Å². The van der Waals surface area contributed by atoms with Crippen molar-refractivity contribution >= 4 is 5.97 Å². The molecule has 4 nitrogen and oxygen atoms in total. The molecule has 0 fully saturated rings. The van der Waals surface area contributed by atoms with E-state index in [1.165, 1.54) is 12.8 Å². The summed E-state index contributed by atoms with van der Waals surface area (Å²) < 4.78 is 6.97. The Morgan fingerprint density at radius 2 is 2.11 bits per heavy atom. The van der Waals surface area contributed by atoms with Crippen molar-refractivity contribution < 1.29 is 9.53 Å². The van der Waals surface area contributed by atoms with E-state index in [4.69, 9.17) is 4.74 Å². The van der Waals surface area contributed by atoms with Crippen molar-refractivity contribution in [2.75, 3.05) is 13.7 Å². The molecular formula is C15H16N2O2. The molecule has 4 heteroatoms. The predicted octanol–water partition coefficient (Wildman–Crippen LogP) is 1.97. The zero-order chi connectivity index (χ0) is 13.2. The lowest BCUT2D eigenvalue weighted by Crippen LogP contribution is -2.33. The van der Waals surface area contributed by atoms with Gasteiger partial charge in [0.25, 0.3) is 0 Å². The van der Waals surface area contributed by atoms with Crippen LogP contribution < -0.4 is 5.32 Å². The Kier molecular flexibility index (Phi) is 3.09. The lowest BCUT2D eigenvalue weighted by molar-refractivity contribution is 0.0600. The maximum absolute atomic E-state index is 11.4. The molecular weight excluding hydrogens is 240 g/mol. The molecule has 98 valence electrons. The first-order valence-electron chi connectivity index (χ1n) is 6.36. The second kappa shape index (κ2) is 4.90. The summed E-state index contributed by atoms with van der Waals surface area (Å²) in [6.07, 6.45) is 2.10. The van der Waals surface area contributed by atoms with Gasteiger partial charge in [0.2, 0.25) is 0 Å². The van der Waals surface area contributed by atoms with Crippen LogP contribution in [-0.4, -0.2) is 24.2 Å². The monoisotopic (exact) mass is 256 g/mol. The van der Waals surface area contributed by atoms with Crippen LogP contribution in [0.1, 0.15) is 27.7 Å². The number of hydrogen-bond acceptors (Lipinski definition) is 3. The summed E-state index contributed by atoms with van der Waals surface area (Å²) in [6.45, 7) is 1.95. The Balaban J connectivity index is 1.90. The topological polar surface area (TPSA) is 43.3 Å². The van der Waals surface area contributed by atoms with Crippen LogP contribution in [-0.2, 0) is 11.3 Å². The molecule has 2 aromatic rings. The molecule has 3 rings (SSSR count). The largest absolute Gasteiger partial charge is 0.465 e. The van der Waals surface area contributed by atoms with Crippen LogP contribution in [0.15, 0.2) is 42.6 Å². The first kappa shape index (κ1) is 12.0. The van der Waals surface area contributed by atoms with Crippen LogP contribution in [0.4, 0.5) is 0 Å². The number of ether oxygens (including phenoxy) is 1. The van der Waals surface area contributed by atoms with Crippen molar-refractivity contribution in [2.24, 2.45) is 0 Å².